The summed E-state index contributed by atoms with van der Waals surface area (Å²) >= 11 is 0. The molecule has 0 spiro atoms. The van der Waals surface area contributed by atoms with Crippen LogP contribution in [0.2, 0.25) is 0 Å². The first kappa shape index (κ1) is 15.9. The molecule has 0 aromatic heterocycles. The number of carbonyl (C=O) groups is 1. The summed E-state index contributed by atoms with van der Waals surface area (Å²) in [5.41, 5.74) is 5.41. The first-order chi connectivity index (χ1) is 9.36. The number of rotatable bonds is 5. The second kappa shape index (κ2) is 6.83. The molecular formula is C13H17F2N3O2. The molecule has 1 atom stereocenters. The molecule has 110 valence electrons. The highest BCUT2D eigenvalue weighted by atomic mass is 19.2. The summed E-state index contributed by atoms with van der Waals surface area (Å²) in [7, 11) is 0. The largest absolute Gasteiger partial charge is 0.409 e. The number of nitrogens with zero attached hydrogens (tertiary/aromatic N) is 1. The zero-order chi connectivity index (χ0) is 15.3. The Hall–Kier alpha value is -2.18. The van der Waals surface area contributed by atoms with Crippen LogP contribution in [0.15, 0.2) is 23.4 Å². The molecule has 0 radical (unpaired) electrons. The van der Waals surface area contributed by atoms with Crippen LogP contribution in [0, 0.1) is 17.6 Å². The lowest BCUT2D eigenvalue weighted by Crippen LogP contribution is -2.48. The van der Waals surface area contributed by atoms with Gasteiger partial charge in [0.25, 0.3) is 0 Å². The maximum atomic E-state index is 13.4. The molecule has 0 aliphatic heterocycles. The number of nitrogens with two attached hydrogens (primary N) is 1. The summed E-state index contributed by atoms with van der Waals surface area (Å²) in [6, 6.07) is 2.95. The quantitative estimate of drug-likeness (QED) is 0.331. The van der Waals surface area contributed by atoms with Gasteiger partial charge in [0.15, 0.2) is 17.5 Å². The average Bonchev–Trinajstić information content (AvgIpc) is 2.40. The van der Waals surface area contributed by atoms with Gasteiger partial charge in [-0.25, -0.2) is 8.78 Å². The highest BCUT2D eigenvalue weighted by molar-refractivity contribution is 5.90. The van der Waals surface area contributed by atoms with Crippen LogP contribution >= 0.6 is 0 Å². The summed E-state index contributed by atoms with van der Waals surface area (Å²) in [5.74, 6) is -2.86. The van der Waals surface area contributed by atoms with Crippen LogP contribution in [0.3, 0.4) is 0 Å². The van der Waals surface area contributed by atoms with E-state index >= 15 is 0 Å². The molecule has 0 fully saturated rings. The van der Waals surface area contributed by atoms with Crippen LogP contribution < -0.4 is 11.1 Å². The third kappa shape index (κ3) is 3.91. The van der Waals surface area contributed by atoms with Crippen LogP contribution in [0.25, 0.3) is 0 Å². The molecule has 1 unspecified atom stereocenters. The molecule has 0 aliphatic rings. The number of hydrogen-bond acceptors (Lipinski definition) is 3. The van der Waals surface area contributed by atoms with Crippen molar-refractivity contribution in [3.05, 3.63) is 35.4 Å². The first-order valence-corrected chi connectivity index (χ1v) is 6.06. The van der Waals surface area contributed by atoms with Gasteiger partial charge in [0.1, 0.15) is 0 Å². The van der Waals surface area contributed by atoms with Gasteiger partial charge in [-0.15, -0.1) is 0 Å². The summed E-state index contributed by atoms with van der Waals surface area (Å²) in [4.78, 5) is 11.8. The Morgan fingerprint density at radius 3 is 2.65 bits per heavy atom. The van der Waals surface area contributed by atoms with E-state index in [4.69, 9.17) is 10.9 Å². The van der Waals surface area contributed by atoms with Gasteiger partial charge in [0.05, 0.1) is 12.5 Å². The molecule has 4 N–H and O–H groups in total. The molecule has 5 nitrogen and oxygen atoms in total. The van der Waals surface area contributed by atoms with E-state index in [2.05, 4.69) is 10.5 Å². The van der Waals surface area contributed by atoms with Crippen molar-refractivity contribution in [1.82, 2.24) is 5.32 Å². The zero-order valence-electron chi connectivity index (χ0n) is 11.2. The van der Waals surface area contributed by atoms with Gasteiger partial charge >= 0.3 is 0 Å². The van der Waals surface area contributed by atoms with E-state index in [1.807, 2.05) is 0 Å². The van der Waals surface area contributed by atoms with E-state index in [-0.39, 0.29) is 23.7 Å². The molecule has 0 aliphatic carbocycles. The second-order valence-corrected chi connectivity index (χ2v) is 4.70. The monoisotopic (exact) mass is 285 g/mol. The molecule has 1 amide bonds. The van der Waals surface area contributed by atoms with Crippen molar-refractivity contribution in [3.8, 4) is 0 Å². The van der Waals surface area contributed by atoms with Gasteiger partial charge < -0.3 is 16.3 Å². The van der Waals surface area contributed by atoms with Gasteiger partial charge in [-0.2, -0.15) is 0 Å². The fraction of sp³-hybridized carbons (Fsp3) is 0.385. The number of carbonyl (C=O) groups excluding carboxylic acids is 1. The van der Waals surface area contributed by atoms with Crippen LogP contribution in [0.4, 0.5) is 8.78 Å². The molecule has 0 saturated carbocycles. The van der Waals surface area contributed by atoms with E-state index in [9.17, 15) is 13.6 Å². The number of nitrogens with one attached hydrogen (secondary N) is 1. The maximum absolute atomic E-state index is 13.4. The Bertz CT molecular complexity index is 518. The number of amidine groups is 1. The van der Waals surface area contributed by atoms with Crippen LogP contribution in [0.5, 0.6) is 0 Å². The third-order valence-electron chi connectivity index (χ3n) is 2.80. The molecule has 0 heterocycles. The fourth-order valence-electron chi connectivity index (χ4n) is 1.73. The minimum absolute atomic E-state index is 0.0514. The van der Waals surface area contributed by atoms with Crippen LogP contribution in [0.1, 0.15) is 19.4 Å². The van der Waals surface area contributed by atoms with E-state index in [1.165, 1.54) is 12.1 Å². The fourth-order valence-corrected chi connectivity index (χ4v) is 1.73. The molecule has 7 heteroatoms. The number of amides is 1. The van der Waals surface area contributed by atoms with Crippen molar-refractivity contribution < 1.29 is 18.8 Å². The van der Waals surface area contributed by atoms with Gasteiger partial charge in [-0.05, 0) is 12.0 Å². The SMILES string of the molecule is CC(C)C(NC(=O)Cc1cccc(F)c1F)/C(N)=N/O. The lowest BCUT2D eigenvalue weighted by Gasteiger charge is -2.20. The van der Waals surface area contributed by atoms with Crippen molar-refractivity contribution in [2.45, 2.75) is 26.3 Å². The lowest BCUT2D eigenvalue weighted by atomic mass is 10.0. The highest BCUT2D eigenvalue weighted by Crippen LogP contribution is 2.12. The standard InChI is InChI=1S/C13H17F2N3O2/c1-7(2)12(13(16)18-20)17-10(19)6-8-4-3-5-9(14)11(8)15/h3-5,7,12,20H,6H2,1-2H3,(H2,16,18)(H,17,19). The molecule has 1 aromatic carbocycles. The van der Waals surface area contributed by atoms with Crippen molar-refractivity contribution in [1.29, 1.82) is 0 Å². The van der Waals surface area contributed by atoms with Crippen molar-refractivity contribution >= 4 is 11.7 Å². The predicted molar refractivity (Wildman–Crippen MR) is 70.2 cm³/mol. The Labute approximate surface area is 115 Å². The Balaban J connectivity index is 2.79. The van der Waals surface area contributed by atoms with Crippen molar-refractivity contribution in [2.75, 3.05) is 0 Å². The van der Waals surface area contributed by atoms with Crippen molar-refractivity contribution in [2.24, 2.45) is 16.8 Å². The number of benzene rings is 1. The Kier molecular flexibility index (Phi) is 5.42. The second-order valence-electron chi connectivity index (χ2n) is 4.70. The zero-order valence-corrected chi connectivity index (χ0v) is 11.2. The van der Waals surface area contributed by atoms with E-state index in [1.54, 1.807) is 13.8 Å². The third-order valence-corrected chi connectivity index (χ3v) is 2.80. The smallest absolute Gasteiger partial charge is 0.225 e. The molecule has 0 bridgehead atoms. The normalized spacial score (nSPS) is 13.3. The Morgan fingerprint density at radius 2 is 2.10 bits per heavy atom. The Morgan fingerprint density at radius 1 is 1.45 bits per heavy atom. The summed E-state index contributed by atoms with van der Waals surface area (Å²) in [6.45, 7) is 3.54. The maximum Gasteiger partial charge on any atom is 0.225 e. The number of halogens is 2. The van der Waals surface area contributed by atoms with Gasteiger partial charge in [0.2, 0.25) is 5.91 Å². The molecule has 0 saturated heterocycles. The van der Waals surface area contributed by atoms with Crippen LogP contribution in [-0.4, -0.2) is 23.0 Å². The van der Waals surface area contributed by atoms with Crippen LogP contribution in [-0.2, 0) is 11.2 Å². The van der Waals surface area contributed by atoms with Crippen molar-refractivity contribution in [3.63, 3.8) is 0 Å². The van der Waals surface area contributed by atoms with E-state index in [0.717, 1.165) is 6.07 Å². The summed E-state index contributed by atoms with van der Waals surface area (Å²) in [5, 5.41) is 14.0. The minimum atomic E-state index is -1.05. The minimum Gasteiger partial charge on any atom is -0.409 e. The van der Waals surface area contributed by atoms with E-state index in [0.29, 0.717) is 0 Å². The number of hydrogen-bond donors (Lipinski definition) is 3. The number of oxime groups is 1. The molecule has 1 rings (SSSR count). The highest BCUT2D eigenvalue weighted by Gasteiger charge is 2.21. The van der Waals surface area contributed by atoms with Gasteiger partial charge in [-0.3, -0.25) is 4.79 Å². The average molecular weight is 285 g/mol. The summed E-state index contributed by atoms with van der Waals surface area (Å²) in [6.07, 6.45) is -0.328. The molecule has 20 heavy (non-hydrogen) atoms. The predicted octanol–water partition coefficient (Wildman–Crippen LogP) is 1.39. The van der Waals surface area contributed by atoms with Gasteiger partial charge in [0, 0.05) is 5.56 Å². The summed E-state index contributed by atoms with van der Waals surface area (Å²) < 4.78 is 26.5. The van der Waals surface area contributed by atoms with Gasteiger partial charge in [-0.1, -0.05) is 31.1 Å². The topological polar surface area (TPSA) is 87.7 Å². The molecular weight excluding hydrogens is 268 g/mol. The molecule has 1 aromatic rings. The lowest BCUT2D eigenvalue weighted by molar-refractivity contribution is -0.121. The van der Waals surface area contributed by atoms with E-state index < -0.39 is 23.6 Å². The first-order valence-electron chi connectivity index (χ1n) is 6.06.